The van der Waals surface area contributed by atoms with E-state index in [0.717, 1.165) is 23.1 Å². The summed E-state index contributed by atoms with van der Waals surface area (Å²) in [5.74, 6) is 1.02. The van der Waals surface area contributed by atoms with Gasteiger partial charge in [0, 0.05) is 24.7 Å². The number of rotatable bonds is 5. The molecule has 15 heavy (non-hydrogen) atoms. The number of thioether (sulfide) groups is 1. The van der Waals surface area contributed by atoms with Gasteiger partial charge < -0.3 is 10.3 Å². The molecule has 5 nitrogen and oxygen atoms in total. The molecular formula is C8H11N5S2. The van der Waals surface area contributed by atoms with Gasteiger partial charge in [-0.25, -0.2) is 4.98 Å². The third-order valence-corrected chi connectivity index (χ3v) is 3.74. The lowest BCUT2D eigenvalue weighted by atomic mass is 10.5. The highest BCUT2D eigenvalue weighted by molar-refractivity contribution is 8.01. The number of aromatic nitrogens is 4. The molecule has 7 heteroatoms. The molecule has 2 aromatic heterocycles. The van der Waals surface area contributed by atoms with Crippen LogP contribution in [0.3, 0.4) is 0 Å². The first-order valence-corrected chi connectivity index (χ1v) is 6.32. The van der Waals surface area contributed by atoms with E-state index in [1.807, 2.05) is 12.5 Å². The lowest BCUT2D eigenvalue weighted by Gasteiger charge is -1.99. The van der Waals surface area contributed by atoms with Gasteiger partial charge in [0.15, 0.2) is 4.34 Å². The quantitative estimate of drug-likeness (QED) is 0.634. The van der Waals surface area contributed by atoms with Crippen LogP contribution in [0.4, 0.5) is 5.13 Å². The van der Waals surface area contributed by atoms with Crippen molar-refractivity contribution in [1.29, 1.82) is 0 Å². The zero-order valence-electron chi connectivity index (χ0n) is 8.04. The highest BCUT2D eigenvalue weighted by Crippen LogP contribution is 2.23. The molecular weight excluding hydrogens is 230 g/mol. The molecule has 0 bridgehead atoms. The Hall–Kier alpha value is -1.08. The van der Waals surface area contributed by atoms with E-state index in [4.69, 9.17) is 5.73 Å². The number of hydrogen-bond donors (Lipinski definition) is 1. The van der Waals surface area contributed by atoms with Crippen molar-refractivity contribution in [2.45, 2.75) is 17.3 Å². The van der Waals surface area contributed by atoms with Crippen LogP contribution in [0, 0.1) is 0 Å². The first kappa shape index (κ1) is 10.4. The van der Waals surface area contributed by atoms with E-state index in [9.17, 15) is 0 Å². The van der Waals surface area contributed by atoms with Crippen LogP contribution in [0.25, 0.3) is 0 Å². The van der Waals surface area contributed by atoms with Gasteiger partial charge in [0.25, 0.3) is 0 Å². The van der Waals surface area contributed by atoms with Crippen molar-refractivity contribution >= 4 is 28.2 Å². The molecule has 80 valence electrons. The molecule has 0 saturated carbocycles. The third-order valence-electron chi connectivity index (χ3n) is 1.77. The topological polar surface area (TPSA) is 69.6 Å². The molecule has 0 aromatic carbocycles. The number of nitrogens with zero attached hydrogens (tertiary/aromatic N) is 4. The molecule has 0 amide bonds. The van der Waals surface area contributed by atoms with Crippen molar-refractivity contribution in [3.63, 3.8) is 0 Å². The van der Waals surface area contributed by atoms with Crippen LogP contribution >= 0.6 is 23.1 Å². The standard InChI is InChI=1S/C8H11N5S2/c9-7-11-12-8(15-7)14-5-1-3-13-4-2-10-6-13/h2,4,6H,1,3,5H2,(H2,9,11). The summed E-state index contributed by atoms with van der Waals surface area (Å²) in [5.41, 5.74) is 5.48. The van der Waals surface area contributed by atoms with Crippen LogP contribution < -0.4 is 5.73 Å². The second-order valence-corrected chi connectivity index (χ2v) is 5.26. The Morgan fingerprint density at radius 3 is 3.07 bits per heavy atom. The average molecular weight is 241 g/mol. The smallest absolute Gasteiger partial charge is 0.203 e. The molecule has 0 aliphatic rings. The van der Waals surface area contributed by atoms with Crippen LogP contribution in [-0.2, 0) is 6.54 Å². The van der Waals surface area contributed by atoms with Crippen LogP contribution in [0.5, 0.6) is 0 Å². The molecule has 2 rings (SSSR count). The number of imidazole rings is 1. The largest absolute Gasteiger partial charge is 0.374 e. The van der Waals surface area contributed by atoms with Gasteiger partial charge in [0.2, 0.25) is 5.13 Å². The Balaban J connectivity index is 1.67. The molecule has 0 aliphatic heterocycles. The summed E-state index contributed by atoms with van der Waals surface area (Å²) in [6.45, 7) is 0.987. The first-order chi connectivity index (χ1) is 7.34. The average Bonchev–Trinajstić information content (AvgIpc) is 2.84. The summed E-state index contributed by atoms with van der Waals surface area (Å²) in [7, 11) is 0. The number of hydrogen-bond acceptors (Lipinski definition) is 6. The molecule has 0 saturated heterocycles. The Morgan fingerprint density at radius 1 is 1.47 bits per heavy atom. The molecule has 2 heterocycles. The lowest BCUT2D eigenvalue weighted by Crippen LogP contribution is -1.95. The van der Waals surface area contributed by atoms with Gasteiger partial charge in [-0.1, -0.05) is 23.1 Å². The molecule has 0 spiro atoms. The predicted molar refractivity (Wildman–Crippen MR) is 61.9 cm³/mol. The molecule has 0 fully saturated rings. The van der Waals surface area contributed by atoms with Crippen molar-refractivity contribution < 1.29 is 0 Å². The number of aryl methyl sites for hydroxylation is 1. The normalized spacial score (nSPS) is 10.7. The maximum absolute atomic E-state index is 5.48. The van der Waals surface area contributed by atoms with Crippen LogP contribution in [0.2, 0.25) is 0 Å². The summed E-state index contributed by atoms with van der Waals surface area (Å²) >= 11 is 3.13. The van der Waals surface area contributed by atoms with Crippen molar-refractivity contribution in [2.75, 3.05) is 11.5 Å². The summed E-state index contributed by atoms with van der Waals surface area (Å²) in [4.78, 5) is 3.98. The minimum atomic E-state index is 0.534. The van der Waals surface area contributed by atoms with Crippen molar-refractivity contribution in [3.05, 3.63) is 18.7 Å². The van der Waals surface area contributed by atoms with Gasteiger partial charge >= 0.3 is 0 Å². The van der Waals surface area contributed by atoms with E-state index in [-0.39, 0.29) is 0 Å². The van der Waals surface area contributed by atoms with Crippen molar-refractivity contribution in [3.8, 4) is 0 Å². The van der Waals surface area contributed by atoms with E-state index in [1.54, 1.807) is 18.0 Å². The fraction of sp³-hybridized carbons (Fsp3) is 0.375. The van der Waals surface area contributed by atoms with Gasteiger partial charge in [0.05, 0.1) is 6.33 Å². The SMILES string of the molecule is Nc1nnc(SCCCn2ccnc2)s1. The van der Waals surface area contributed by atoms with E-state index in [2.05, 4.69) is 19.7 Å². The van der Waals surface area contributed by atoms with Gasteiger partial charge in [-0.3, -0.25) is 0 Å². The van der Waals surface area contributed by atoms with Gasteiger partial charge in [-0.15, -0.1) is 10.2 Å². The van der Waals surface area contributed by atoms with Crippen molar-refractivity contribution in [2.24, 2.45) is 0 Å². The number of anilines is 1. The Kier molecular flexibility index (Phi) is 3.57. The van der Waals surface area contributed by atoms with E-state index in [1.165, 1.54) is 11.3 Å². The van der Waals surface area contributed by atoms with Crippen LogP contribution in [0.1, 0.15) is 6.42 Å². The minimum absolute atomic E-state index is 0.534. The zero-order chi connectivity index (χ0) is 10.5. The van der Waals surface area contributed by atoms with Gasteiger partial charge in [-0.05, 0) is 6.42 Å². The van der Waals surface area contributed by atoms with Gasteiger partial charge in [-0.2, -0.15) is 0 Å². The van der Waals surface area contributed by atoms with Gasteiger partial charge in [0.1, 0.15) is 0 Å². The highest BCUT2D eigenvalue weighted by Gasteiger charge is 2.00. The Labute approximate surface area is 95.7 Å². The molecule has 0 radical (unpaired) electrons. The fourth-order valence-corrected chi connectivity index (χ4v) is 2.73. The summed E-state index contributed by atoms with van der Waals surface area (Å²) in [5, 5.41) is 8.23. The predicted octanol–water partition coefficient (Wildman–Crippen LogP) is 1.50. The van der Waals surface area contributed by atoms with Crippen LogP contribution in [0.15, 0.2) is 23.1 Å². The Bertz CT molecular complexity index is 397. The molecule has 0 aliphatic carbocycles. The lowest BCUT2D eigenvalue weighted by molar-refractivity contribution is 0.683. The first-order valence-electron chi connectivity index (χ1n) is 4.52. The monoisotopic (exact) mass is 241 g/mol. The maximum Gasteiger partial charge on any atom is 0.203 e. The second-order valence-electron chi connectivity index (χ2n) is 2.91. The second kappa shape index (κ2) is 5.13. The number of nitrogen functional groups attached to an aromatic ring is 1. The number of nitrogens with two attached hydrogens (primary N) is 1. The maximum atomic E-state index is 5.48. The molecule has 2 aromatic rings. The third kappa shape index (κ3) is 3.21. The summed E-state index contributed by atoms with van der Waals surface area (Å²) in [6, 6.07) is 0. The highest BCUT2D eigenvalue weighted by atomic mass is 32.2. The van der Waals surface area contributed by atoms with E-state index >= 15 is 0 Å². The Morgan fingerprint density at radius 2 is 2.40 bits per heavy atom. The van der Waals surface area contributed by atoms with E-state index in [0.29, 0.717) is 5.13 Å². The molecule has 0 unspecified atom stereocenters. The zero-order valence-corrected chi connectivity index (χ0v) is 9.67. The molecule has 0 atom stereocenters. The minimum Gasteiger partial charge on any atom is -0.374 e. The van der Waals surface area contributed by atoms with Crippen LogP contribution in [-0.4, -0.2) is 25.5 Å². The van der Waals surface area contributed by atoms with E-state index < -0.39 is 0 Å². The summed E-state index contributed by atoms with van der Waals surface area (Å²) in [6.07, 6.45) is 6.67. The molecule has 2 N–H and O–H groups in total. The summed E-state index contributed by atoms with van der Waals surface area (Å²) < 4.78 is 3.01. The fourth-order valence-electron chi connectivity index (χ4n) is 1.10. The van der Waals surface area contributed by atoms with Crippen molar-refractivity contribution in [1.82, 2.24) is 19.7 Å².